The molecule has 0 aliphatic rings. The summed E-state index contributed by atoms with van der Waals surface area (Å²) in [6, 6.07) is 3.97. The summed E-state index contributed by atoms with van der Waals surface area (Å²) in [5, 5.41) is 8.45. The minimum absolute atomic E-state index is 0.526. The number of nitriles is 1. The first kappa shape index (κ1) is 9.46. The van der Waals surface area contributed by atoms with E-state index in [4.69, 9.17) is 5.26 Å². The molecule has 0 saturated heterocycles. The summed E-state index contributed by atoms with van der Waals surface area (Å²) in [5.74, 6) is 0.882. The van der Waals surface area contributed by atoms with Crippen molar-refractivity contribution in [2.45, 2.75) is 13.3 Å². The van der Waals surface area contributed by atoms with Gasteiger partial charge in [0.05, 0.1) is 12.5 Å². The van der Waals surface area contributed by atoms with Crippen LogP contribution in [0.1, 0.15) is 13.3 Å². The molecular weight excluding hydrogens is 164 g/mol. The molecule has 1 aromatic rings. The van der Waals surface area contributed by atoms with E-state index in [1.165, 1.54) is 6.33 Å². The quantitative estimate of drug-likeness (QED) is 0.692. The van der Waals surface area contributed by atoms with Crippen LogP contribution in [0.25, 0.3) is 0 Å². The Bertz CT molecular complexity index is 277. The van der Waals surface area contributed by atoms with Gasteiger partial charge in [0.2, 0.25) is 0 Å². The highest BCUT2D eigenvalue weighted by atomic mass is 15.2. The molecule has 0 bridgehead atoms. The van der Waals surface area contributed by atoms with Crippen molar-refractivity contribution in [3.05, 3.63) is 18.6 Å². The number of hydrogen-bond donors (Lipinski definition) is 0. The highest BCUT2D eigenvalue weighted by Crippen LogP contribution is 2.07. The lowest BCUT2D eigenvalue weighted by molar-refractivity contribution is 0.807. The van der Waals surface area contributed by atoms with Crippen LogP contribution in [0.5, 0.6) is 0 Å². The minimum atomic E-state index is 0.526. The van der Waals surface area contributed by atoms with Crippen LogP contribution in [0.15, 0.2) is 18.6 Å². The van der Waals surface area contributed by atoms with E-state index in [1.54, 1.807) is 6.20 Å². The maximum atomic E-state index is 8.45. The largest absolute Gasteiger partial charge is 0.356 e. The van der Waals surface area contributed by atoms with Crippen LogP contribution in [-0.4, -0.2) is 23.1 Å². The first-order valence-corrected chi connectivity index (χ1v) is 4.26. The standard InChI is InChI=1S/C9H12N4/c1-2-13(7-3-5-10)9-4-6-11-8-12-9/h4,6,8H,2-3,7H2,1H3. The van der Waals surface area contributed by atoms with Crippen LogP contribution in [0.2, 0.25) is 0 Å². The molecule has 0 radical (unpaired) electrons. The van der Waals surface area contributed by atoms with Crippen molar-refractivity contribution in [1.29, 1.82) is 5.26 Å². The van der Waals surface area contributed by atoms with E-state index in [2.05, 4.69) is 16.0 Å². The summed E-state index contributed by atoms with van der Waals surface area (Å²) in [7, 11) is 0. The molecule has 1 aromatic heterocycles. The summed E-state index contributed by atoms with van der Waals surface area (Å²) >= 11 is 0. The summed E-state index contributed by atoms with van der Waals surface area (Å²) in [4.78, 5) is 9.99. The summed E-state index contributed by atoms with van der Waals surface area (Å²) in [5.41, 5.74) is 0. The molecule has 0 spiro atoms. The van der Waals surface area contributed by atoms with Gasteiger partial charge in [-0.05, 0) is 13.0 Å². The maximum Gasteiger partial charge on any atom is 0.131 e. The molecule has 0 aromatic carbocycles. The van der Waals surface area contributed by atoms with Crippen LogP contribution in [0.3, 0.4) is 0 Å². The first-order valence-electron chi connectivity index (χ1n) is 4.26. The zero-order chi connectivity index (χ0) is 9.52. The monoisotopic (exact) mass is 176 g/mol. The number of rotatable bonds is 4. The minimum Gasteiger partial charge on any atom is -0.356 e. The van der Waals surface area contributed by atoms with Gasteiger partial charge >= 0.3 is 0 Å². The highest BCUT2D eigenvalue weighted by molar-refractivity contribution is 5.36. The maximum absolute atomic E-state index is 8.45. The topological polar surface area (TPSA) is 52.8 Å². The second kappa shape index (κ2) is 5.09. The smallest absolute Gasteiger partial charge is 0.131 e. The van der Waals surface area contributed by atoms with E-state index >= 15 is 0 Å². The van der Waals surface area contributed by atoms with E-state index in [-0.39, 0.29) is 0 Å². The SMILES string of the molecule is CCN(CCC#N)c1ccncn1. The molecule has 4 nitrogen and oxygen atoms in total. The predicted molar refractivity (Wildman–Crippen MR) is 50.1 cm³/mol. The molecule has 4 heteroatoms. The average Bonchev–Trinajstić information content (AvgIpc) is 2.21. The lowest BCUT2D eigenvalue weighted by Crippen LogP contribution is -2.24. The third-order valence-electron chi connectivity index (χ3n) is 1.77. The van der Waals surface area contributed by atoms with Crippen molar-refractivity contribution in [2.75, 3.05) is 18.0 Å². The van der Waals surface area contributed by atoms with Gasteiger partial charge in [0, 0.05) is 19.3 Å². The molecule has 0 fully saturated rings. The van der Waals surface area contributed by atoms with Crippen molar-refractivity contribution in [3.63, 3.8) is 0 Å². The Morgan fingerprint density at radius 2 is 2.46 bits per heavy atom. The lowest BCUT2D eigenvalue weighted by atomic mass is 10.4. The molecule has 0 atom stereocenters. The van der Waals surface area contributed by atoms with E-state index in [9.17, 15) is 0 Å². The van der Waals surface area contributed by atoms with E-state index in [0.29, 0.717) is 6.42 Å². The van der Waals surface area contributed by atoms with Gasteiger partial charge in [0.1, 0.15) is 12.1 Å². The van der Waals surface area contributed by atoms with Gasteiger partial charge in [0.15, 0.2) is 0 Å². The Morgan fingerprint density at radius 1 is 1.62 bits per heavy atom. The van der Waals surface area contributed by atoms with Gasteiger partial charge < -0.3 is 4.90 Å². The second-order valence-electron chi connectivity index (χ2n) is 2.56. The van der Waals surface area contributed by atoms with E-state index < -0.39 is 0 Å². The Balaban J connectivity index is 2.63. The predicted octanol–water partition coefficient (Wildman–Crippen LogP) is 1.22. The lowest BCUT2D eigenvalue weighted by Gasteiger charge is -2.19. The van der Waals surface area contributed by atoms with Crippen LogP contribution >= 0.6 is 0 Å². The Morgan fingerprint density at radius 3 is 3.00 bits per heavy atom. The third kappa shape index (κ3) is 2.71. The number of hydrogen-bond acceptors (Lipinski definition) is 4. The van der Waals surface area contributed by atoms with Gasteiger partial charge in [-0.1, -0.05) is 0 Å². The molecule has 1 rings (SSSR count). The van der Waals surface area contributed by atoms with Crippen LogP contribution in [0, 0.1) is 11.3 Å². The number of aromatic nitrogens is 2. The van der Waals surface area contributed by atoms with Crippen LogP contribution < -0.4 is 4.90 Å². The van der Waals surface area contributed by atoms with Crippen molar-refractivity contribution < 1.29 is 0 Å². The van der Waals surface area contributed by atoms with Gasteiger partial charge in [-0.3, -0.25) is 0 Å². The fourth-order valence-electron chi connectivity index (χ4n) is 1.09. The zero-order valence-electron chi connectivity index (χ0n) is 7.64. The Labute approximate surface area is 77.8 Å². The molecule has 0 aliphatic heterocycles. The fourth-order valence-corrected chi connectivity index (χ4v) is 1.09. The molecular formula is C9H12N4. The molecule has 0 saturated carbocycles. The van der Waals surface area contributed by atoms with Crippen molar-refractivity contribution >= 4 is 5.82 Å². The summed E-state index contributed by atoms with van der Waals surface area (Å²) in [6.07, 6.45) is 3.75. The Hall–Kier alpha value is -1.63. The van der Waals surface area contributed by atoms with E-state index in [0.717, 1.165) is 18.9 Å². The van der Waals surface area contributed by atoms with Crippen LogP contribution in [0.4, 0.5) is 5.82 Å². The third-order valence-corrected chi connectivity index (χ3v) is 1.77. The molecule has 0 aliphatic carbocycles. The van der Waals surface area contributed by atoms with Gasteiger partial charge in [-0.2, -0.15) is 5.26 Å². The van der Waals surface area contributed by atoms with Crippen LogP contribution in [-0.2, 0) is 0 Å². The molecule has 13 heavy (non-hydrogen) atoms. The number of nitrogens with zero attached hydrogens (tertiary/aromatic N) is 4. The highest BCUT2D eigenvalue weighted by Gasteiger charge is 2.03. The van der Waals surface area contributed by atoms with Crippen molar-refractivity contribution in [3.8, 4) is 6.07 Å². The molecule has 0 amide bonds. The summed E-state index contributed by atoms with van der Waals surface area (Å²) in [6.45, 7) is 3.63. The van der Waals surface area contributed by atoms with Crippen molar-refractivity contribution in [2.24, 2.45) is 0 Å². The molecule has 0 N–H and O–H groups in total. The molecule has 68 valence electrons. The van der Waals surface area contributed by atoms with Gasteiger partial charge in [-0.15, -0.1) is 0 Å². The van der Waals surface area contributed by atoms with E-state index in [1.807, 2.05) is 17.9 Å². The second-order valence-corrected chi connectivity index (χ2v) is 2.56. The fraction of sp³-hybridized carbons (Fsp3) is 0.444. The normalized spacial score (nSPS) is 9.23. The molecule has 0 unspecified atom stereocenters. The summed E-state index contributed by atoms with van der Waals surface area (Å²) < 4.78 is 0. The zero-order valence-corrected chi connectivity index (χ0v) is 7.64. The molecule has 1 heterocycles. The van der Waals surface area contributed by atoms with Gasteiger partial charge in [-0.25, -0.2) is 9.97 Å². The first-order chi connectivity index (χ1) is 6.38. The average molecular weight is 176 g/mol. The Kier molecular flexibility index (Phi) is 3.71. The number of anilines is 1. The van der Waals surface area contributed by atoms with Crippen molar-refractivity contribution in [1.82, 2.24) is 9.97 Å². The van der Waals surface area contributed by atoms with Gasteiger partial charge in [0.25, 0.3) is 0 Å².